The van der Waals surface area contributed by atoms with Crippen LogP contribution in [-0.4, -0.2) is 29.9 Å². The van der Waals surface area contributed by atoms with Crippen molar-refractivity contribution in [3.05, 3.63) is 28.5 Å². The fourth-order valence-corrected chi connectivity index (χ4v) is 5.23. The van der Waals surface area contributed by atoms with E-state index in [-0.39, 0.29) is 22.7 Å². The van der Waals surface area contributed by atoms with Crippen molar-refractivity contribution in [1.82, 2.24) is 4.31 Å². The van der Waals surface area contributed by atoms with Gasteiger partial charge in [-0.25, -0.2) is 12.8 Å². The van der Waals surface area contributed by atoms with Crippen LogP contribution in [0.5, 0.6) is 0 Å². The van der Waals surface area contributed by atoms with Crippen molar-refractivity contribution in [3.63, 3.8) is 0 Å². The molecule has 1 saturated heterocycles. The first-order valence-electron chi connectivity index (χ1n) is 6.91. The number of nitrogens with zero attached hydrogens (tertiary/aromatic N) is 1. The molecule has 1 aromatic rings. The van der Waals surface area contributed by atoms with Crippen LogP contribution in [0.15, 0.2) is 17.0 Å². The van der Waals surface area contributed by atoms with Gasteiger partial charge < -0.3 is 5.11 Å². The molecule has 118 valence electrons. The van der Waals surface area contributed by atoms with E-state index < -0.39 is 27.3 Å². The Bertz CT molecular complexity index is 625. The van der Waals surface area contributed by atoms with Gasteiger partial charge in [-0.15, -0.1) is 0 Å². The molecule has 1 aliphatic rings. The first kappa shape index (κ1) is 16.7. The van der Waals surface area contributed by atoms with Gasteiger partial charge in [-0.3, -0.25) is 0 Å². The second kappa shape index (κ2) is 6.20. The van der Waals surface area contributed by atoms with E-state index in [0.717, 1.165) is 25.3 Å². The molecule has 2 atom stereocenters. The second-order valence-corrected chi connectivity index (χ2v) is 7.75. The summed E-state index contributed by atoms with van der Waals surface area (Å²) < 4.78 is 41.3. The number of aliphatic hydroxyl groups excluding tert-OH is 1. The molecule has 0 spiro atoms. The van der Waals surface area contributed by atoms with E-state index in [9.17, 15) is 12.8 Å². The maximum atomic E-state index is 14.3. The number of rotatable bonds is 3. The largest absolute Gasteiger partial charge is 0.392 e. The van der Waals surface area contributed by atoms with Crippen LogP contribution in [0.25, 0.3) is 0 Å². The SMILES string of the molecule is C[C@@H]1CCC[C@H](C)N1S(=O)(=O)c1cc(Cl)cc(CO)c1F. The predicted octanol–water partition coefficient (Wildman–Crippen LogP) is 2.92. The zero-order chi connectivity index (χ0) is 15.8. The first-order valence-corrected chi connectivity index (χ1v) is 8.73. The molecule has 2 rings (SSSR count). The van der Waals surface area contributed by atoms with Gasteiger partial charge in [0.1, 0.15) is 10.7 Å². The van der Waals surface area contributed by atoms with Crippen LogP contribution in [0.3, 0.4) is 0 Å². The molecule has 0 radical (unpaired) electrons. The minimum atomic E-state index is -3.98. The van der Waals surface area contributed by atoms with E-state index >= 15 is 0 Å². The third kappa shape index (κ3) is 3.08. The van der Waals surface area contributed by atoms with Crippen molar-refractivity contribution in [1.29, 1.82) is 0 Å². The Morgan fingerprint density at radius 1 is 1.33 bits per heavy atom. The molecule has 0 unspecified atom stereocenters. The molecule has 1 fully saturated rings. The smallest absolute Gasteiger partial charge is 0.246 e. The number of hydrogen-bond donors (Lipinski definition) is 1. The summed E-state index contributed by atoms with van der Waals surface area (Å²) in [6.45, 7) is 3.05. The Balaban J connectivity index is 2.56. The third-order valence-corrected chi connectivity index (χ3v) is 6.26. The van der Waals surface area contributed by atoms with E-state index in [1.807, 2.05) is 13.8 Å². The summed E-state index contributed by atoms with van der Waals surface area (Å²) in [6.07, 6.45) is 2.45. The van der Waals surface area contributed by atoms with Crippen molar-refractivity contribution in [2.45, 2.75) is 56.7 Å². The minimum Gasteiger partial charge on any atom is -0.392 e. The Labute approximate surface area is 129 Å². The molecule has 0 amide bonds. The summed E-state index contributed by atoms with van der Waals surface area (Å²) in [6, 6.07) is 1.97. The lowest BCUT2D eigenvalue weighted by Crippen LogP contribution is -2.47. The van der Waals surface area contributed by atoms with Gasteiger partial charge in [0.2, 0.25) is 10.0 Å². The average molecular weight is 336 g/mol. The number of aliphatic hydroxyl groups is 1. The number of hydrogen-bond acceptors (Lipinski definition) is 3. The zero-order valence-electron chi connectivity index (χ0n) is 12.0. The fourth-order valence-electron chi connectivity index (χ4n) is 2.91. The maximum absolute atomic E-state index is 14.3. The molecular formula is C14H19ClFNO3S. The lowest BCUT2D eigenvalue weighted by molar-refractivity contribution is 0.203. The monoisotopic (exact) mass is 335 g/mol. The van der Waals surface area contributed by atoms with Gasteiger partial charge in [-0.2, -0.15) is 4.31 Å². The second-order valence-electron chi connectivity index (χ2n) is 5.50. The fraction of sp³-hybridized carbons (Fsp3) is 0.571. The molecular weight excluding hydrogens is 317 g/mol. The molecule has 0 aromatic heterocycles. The van der Waals surface area contributed by atoms with E-state index in [4.69, 9.17) is 16.7 Å². The summed E-state index contributed by atoms with van der Waals surface area (Å²) in [4.78, 5) is -0.459. The van der Waals surface area contributed by atoms with Gasteiger partial charge in [0.15, 0.2) is 0 Å². The summed E-state index contributed by atoms with van der Waals surface area (Å²) in [5.41, 5.74) is -0.113. The first-order chi connectivity index (χ1) is 9.78. The van der Waals surface area contributed by atoms with Crippen LogP contribution in [0.2, 0.25) is 5.02 Å². The molecule has 1 aromatic carbocycles. The Hall–Kier alpha value is -0.690. The highest BCUT2D eigenvalue weighted by Crippen LogP contribution is 2.32. The van der Waals surface area contributed by atoms with E-state index in [1.165, 1.54) is 10.4 Å². The van der Waals surface area contributed by atoms with E-state index in [0.29, 0.717) is 0 Å². The van der Waals surface area contributed by atoms with Crippen LogP contribution in [-0.2, 0) is 16.6 Å². The molecule has 0 bridgehead atoms. The number of sulfonamides is 1. The highest BCUT2D eigenvalue weighted by atomic mass is 35.5. The summed E-state index contributed by atoms with van der Waals surface area (Å²) in [7, 11) is -3.98. The summed E-state index contributed by atoms with van der Waals surface area (Å²) in [5.74, 6) is -0.924. The molecule has 0 saturated carbocycles. The Morgan fingerprint density at radius 3 is 2.43 bits per heavy atom. The summed E-state index contributed by atoms with van der Waals surface area (Å²) in [5, 5.41) is 9.23. The van der Waals surface area contributed by atoms with E-state index in [2.05, 4.69) is 0 Å². The highest BCUT2D eigenvalue weighted by Gasteiger charge is 2.37. The van der Waals surface area contributed by atoms with Crippen LogP contribution >= 0.6 is 11.6 Å². The van der Waals surface area contributed by atoms with Crippen LogP contribution < -0.4 is 0 Å². The third-order valence-electron chi connectivity index (χ3n) is 3.92. The number of benzene rings is 1. The van der Waals surface area contributed by atoms with Crippen LogP contribution in [0.1, 0.15) is 38.7 Å². The van der Waals surface area contributed by atoms with Crippen molar-refractivity contribution in [2.75, 3.05) is 0 Å². The molecule has 1 N–H and O–H groups in total. The molecule has 0 aliphatic carbocycles. The van der Waals surface area contributed by atoms with Gasteiger partial charge in [-0.1, -0.05) is 18.0 Å². The zero-order valence-corrected chi connectivity index (χ0v) is 13.6. The predicted molar refractivity (Wildman–Crippen MR) is 79.1 cm³/mol. The van der Waals surface area contributed by atoms with Gasteiger partial charge >= 0.3 is 0 Å². The van der Waals surface area contributed by atoms with Crippen molar-refractivity contribution >= 4 is 21.6 Å². The van der Waals surface area contributed by atoms with E-state index in [1.54, 1.807) is 0 Å². The minimum absolute atomic E-state index is 0.0938. The normalized spacial score (nSPS) is 24.2. The van der Waals surface area contributed by atoms with Crippen molar-refractivity contribution in [3.8, 4) is 0 Å². The highest BCUT2D eigenvalue weighted by molar-refractivity contribution is 7.89. The van der Waals surface area contributed by atoms with Crippen molar-refractivity contribution in [2.24, 2.45) is 0 Å². The number of piperidine rings is 1. The summed E-state index contributed by atoms with van der Waals surface area (Å²) >= 11 is 5.86. The quantitative estimate of drug-likeness (QED) is 0.924. The average Bonchev–Trinajstić information content (AvgIpc) is 2.40. The Morgan fingerprint density at radius 2 is 1.90 bits per heavy atom. The molecule has 1 aliphatic heterocycles. The molecule has 7 heteroatoms. The Kier molecular flexibility index (Phi) is 4.92. The van der Waals surface area contributed by atoms with Gasteiger partial charge in [0, 0.05) is 22.7 Å². The number of halogens is 2. The topological polar surface area (TPSA) is 57.6 Å². The molecule has 21 heavy (non-hydrogen) atoms. The van der Waals surface area contributed by atoms with Crippen molar-refractivity contribution < 1.29 is 17.9 Å². The van der Waals surface area contributed by atoms with Gasteiger partial charge in [0.25, 0.3) is 0 Å². The maximum Gasteiger partial charge on any atom is 0.246 e. The van der Waals surface area contributed by atoms with Crippen LogP contribution in [0.4, 0.5) is 4.39 Å². The van der Waals surface area contributed by atoms with Crippen LogP contribution in [0, 0.1) is 5.82 Å². The van der Waals surface area contributed by atoms with Gasteiger partial charge in [-0.05, 0) is 38.8 Å². The standard InChI is InChI=1S/C14H19ClFNO3S/c1-9-4-3-5-10(2)17(9)21(19,20)13-7-12(15)6-11(8-18)14(13)16/h6-7,9-10,18H,3-5,8H2,1-2H3/t9-,10+. The van der Waals surface area contributed by atoms with Gasteiger partial charge in [0.05, 0.1) is 6.61 Å². The lowest BCUT2D eigenvalue weighted by atomic mass is 10.0. The molecule has 4 nitrogen and oxygen atoms in total. The lowest BCUT2D eigenvalue weighted by Gasteiger charge is -2.37. The molecule has 1 heterocycles.